The Morgan fingerprint density at radius 2 is 1.82 bits per heavy atom. The van der Waals surface area contributed by atoms with Gasteiger partial charge in [0.15, 0.2) is 0 Å². The fourth-order valence-electron chi connectivity index (χ4n) is 2.02. The van der Waals surface area contributed by atoms with E-state index < -0.39 is 0 Å². The van der Waals surface area contributed by atoms with Crippen LogP contribution in [0.15, 0.2) is 11.7 Å². The Bertz CT molecular complexity index is 460. The van der Waals surface area contributed by atoms with E-state index in [9.17, 15) is 0 Å². The van der Waals surface area contributed by atoms with E-state index in [2.05, 4.69) is 37.7 Å². The predicted octanol–water partition coefficient (Wildman–Crippen LogP) is 4.72. The van der Waals surface area contributed by atoms with Crippen LogP contribution in [0.25, 0.3) is 10.2 Å². The number of thiazole rings is 1. The van der Waals surface area contributed by atoms with E-state index in [0.717, 1.165) is 12.8 Å². The molecule has 3 heteroatoms. The molecular formula is C14H20N2S. The quantitative estimate of drug-likeness (QED) is 0.782. The topological polar surface area (TPSA) is 25.8 Å². The fraction of sp³-hybridized carbons (Fsp3) is 0.571. The van der Waals surface area contributed by atoms with Crippen LogP contribution in [0.1, 0.15) is 63.6 Å². The van der Waals surface area contributed by atoms with Crippen molar-refractivity contribution in [3.05, 3.63) is 23.0 Å². The molecule has 0 aromatic carbocycles. The van der Waals surface area contributed by atoms with E-state index in [1.54, 1.807) is 11.3 Å². The first-order valence-electron chi connectivity index (χ1n) is 6.40. The molecule has 0 aliphatic rings. The van der Waals surface area contributed by atoms with Crippen molar-refractivity contribution in [3.63, 3.8) is 0 Å². The third kappa shape index (κ3) is 2.21. The molecule has 2 atom stereocenters. The first-order valence-corrected chi connectivity index (χ1v) is 7.28. The van der Waals surface area contributed by atoms with Crippen molar-refractivity contribution in [2.75, 3.05) is 0 Å². The van der Waals surface area contributed by atoms with Gasteiger partial charge in [-0.3, -0.25) is 4.98 Å². The van der Waals surface area contributed by atoms with Gasteiger partial charge in [-0.2, -0.15) is 0 Å². The molecule has 0 aliphatic heterocycles. The van der Waals surface area contributed by atoms with Gasteiger partial charge in [0.05, 0.1) is 21.4 Å². The van der Waals surface area contributed by atoms with Gasteiger partial charge in [0.25, 0.3) is 0 Å². The van der Waals surface area contributed by atoms with Crippen LogP contribution in [0.4, 0.5) is 0 Å². The Labute approximate surface area is 107 Å². The van der Waals surface area contributed by atoms with E-state index in [-0.39, 0.29) is 0 Å². The maximum Gasteiger partial charge on any atom is 0.0880 e. The molecule has 0 spiro atoms. The van der Waals surface area contributed by atoms with Gasteiger partial charge >= 0.3 is 0 Å². The van der Waals surface area contributed by atoms with Crippen LogP contribution in [-0.2, 0) is 0 Å². The minimum Gasteiger partial charge on any atom is -0.259 e. The smallest absolute Gasteiger partial charge is 0.0880 e. The van der Waals surface area contributed by atoms with E-state index in [1.807, 2.05) is 11.7 Å². The molecule has 2 rings (SSSR count). The molecule has 2 aromatic rings. The summed E-state index contributed by atoms with van der Waals surface area (Å²) >= 11 is 1.73. The lowest BCUT2D eigenvalue weighted by Gasteiger charge is -2.13. The number of fused-ring (bicyclic) bond motifs is 1. The van der Waals surface area contributed by atoms with Crippen molar-refractivity contribution >= 4 is 21.6 Å². The van der Waals surface area contributed by atoms with E-state index >= 15 is 0 Å². The van der Waals surface area contributed by atoms with Crippen molar-refractivity contribution in [2.24, 2.45) is 0 Å². The van der Waals surface area contributed by atoms with E-state index in [0.29, 0.717) is 11.8 Å². The molecule has 0 aliphatic carbocycles. The predicted molar refractivity (Wildman–Crippen MR) is 74.8 cm³/mol. The molecule has 2 aromatic heterocycles. The second kappa shape index (κ2) is 5.13. The van der Waals surface area contributed by atoms with E-state index in [1.165, 1.54) is 21.5 Å². The van der Waals surface area contributed by atoms with Crippen LogP contribution in [-0.4, -0.2) is 9.97 Å². The number of pyridine rings is 1. The summed E-state index contributed by atoms with van der Waals surface area (Å²) in [4.78, 5) is 9.23. The maximum atomic E-state index is 4.69. The summed E-state index contributed by atoms with van der Waals surface area (Å²) in [5.41, 5.74) is 5.65. The van der Waals surface area contributed by atoms with Gasteiger partial charge < -0.3 is 0 Å². The number of rotatable bonds is 4. The zero-order chi connectivity index (χ0) is 12.4. The lowest BCUT2D eigenvalue weighted by atomic mass is 9.97. The number of hydrogen-bond acceptors (Lipinski definition) is 3. The largest absolute Gasteiger partial charge is 0.259 e. The van der Waals surface area contributed by atoms with Crippen LogP contribution in [0, 0.1) is 0 Å². The average Bonchev–Trinajstić information content (AvgIpc) is 2.84. The Balaban J connectivity index is 2.58. The summed E-state index contributed by atoms with van der Waals surface area (Å²) in [6, 6.07) is 0. The lowest BCUT2D eigenvalue weighted by molar-refractivity contribution is 0.705. The van der Waals surface area contributed by atoms with Gasteiger partial charge in [-0.15, -0.1) is 11.3 Å². The average molecular weight is 248 g/mol. The third-order valence-corrected chi connectivity index (χ3v) is 4.49. The van der Waals surface area contributed by atoms with E-state index in [4.69, 9.17) is 0 Å². The summed E-state index contributed by atoms with van der Waals surface area (Å²) < 4.78 is 1.29. The summed E-state index contributed by atoms with van der Waals surface area (Å²) in [6.07, 6.45) is 4.30. The zero-order valence-corrected chi connectivity index (χ0v) is 11.8. The van der Waals surface area contributed by atoms with Crippen molar-refractivity contribution in [1.29, 1.82) is 0 Å². The molecule has 0 fully saturated rings. The molecule has 2 unspecified atom stereocenters. The number of nitrogens with zero attached hydrogens (tertiary/aromatic N) is 2. The summed E-state index contributed by atoms with van der Waals surface area (Å²) in [7, 11) is 0. The summed E-state index contributed by atoms with van der Waals surface area (Å²) in [6.45, 7) is 8.91. The highest BCUT2D eigenvalue weighted by atomic mass is 32.1. The first-order chi connectivity index (χ1) is 8.19. The van der Waals surface area contributed by atoms with Gasteiger partial charge in [-0.05, 0) is 24.7 Å². The van der Waals surface area contributed by atoms with Crippen molar-refractivity contribution in [1.82, 2.24) is 9.97 Å². The molecule has 92 valence electrons. The second-order valence-corrected chi connectivity index (χ2v) is 5.60. The zero-order valence-electron chi connectivity index (χ0n) is 11.0. The number of aromatic nitrogens is 2. The number of hydrogen-bond donors (Lipinski definition) is 0. The molecule has 0 amide bonds. The molecule has 17 heavy (non-hydrogen) atoms. The van der Waals surface area contributed by atoms with Crippen molar-refractivity contribution in [2.45, 2.75) is 52.4 Å². The molecule has 0 radical (unpaired) electrons. The highest BCUT2D eigenvalue weighted by Gasteiger charge is 2.16. The van der Waals surface area contributed by atoms with Crippen molar-refractivity contribution in [3.8, 4) is 0 Å². The molecule has 2 nitrogen and oxygen atoms in total. The van der Waals surface area contributed by atoms with Gasteiger partial charge in [0, 0.05) is 11.8 Å². The van der Waals surface area contributed by atoms with Gasteiger partial charge in [0.2, 0.25) is 0 Å². The Kier molecular flexibility index (Phi) is 3.77. The second-order valence-electron chi connectivity index (χ2n) is 4.75. The molecule has 0 N–H and O–H groups in total. The van der Waals surface area contributed by atoms with Crippen LogP contribution >= 0.6 is 11.3 Å². The van der Waals surface area contributed by atoms with Crippen molar-refractivity contribution < 1.29 is 0 Å². The molecule has 0 bridgehead atoms. The Morgan fingerprint density at radius 3 is 2.47 bits per heavy atom. The molecule has 2 heterocycles. The minimum absolute atomic E-state index is 0.518. The van der Waals surface area contributed by atoms with Gasteiger partial charge in [0.1, 0.15) is 0 Å². The monoisotopic (exact) mass is 248 g/mol. The van der Waals surface area contributed by atoms with Gasteiger partial charge in [-0.1, -0.05) is 27.7 Å². The van der Waals surface area contributed by atoms with Crippen LogP contribution in [0.3, 0.4) is 0 Å². The maximum absolute atomic E-state index is 4.69. The molecule has 0 saturated heterocycles. The SMILES string of the molecule is CCC(C)c1cnc(C(C)CC)c2scnc12. The highest BCUT2D eigenvalue weighted by Crippen LogP contribution is 2.33. The summed E-state index contributed by atoms with van der Waals surface area (Å²) in [5, 5.41) is 0. The fourth-order valence-corrected chi connectivity index (χ4v) is 2.94. The van der Waals surface area contributed by atoms with Gasteiger partial charge in [-0.25, -0.2) is 4.98 Å². The Morgan fingerprint density at radius 1 is 1.12 bits per heavy atom. The van der Waals surface area contributed by atoms with Crippen LogP contribution < -0.4 is 0 Å². The van der Waals surface area contributed by atoms with Crippen LogP contribution in [0.2, 0.25) is 0 Å². The minimum atomic E-state index is 0.518. The first kappa shape index (κ1) is 12.5. The van der Waals surface area contributed by atoms with Crippen LogP contribution in [0.5, 0.6) is 0 Å². The third-order valence-electron chi connectivity index (χ3n) is 3.64. The molecule has 0 saturated carbocycles. The Hall–Kier alpha value is -0.960. The lowest BCUT2D eigenvalue weighted by Crippen LogP contribution is -2.00. The molecular weight excluding hydrogens is 228 g/mol. The standard InChI is InChI=1S/C14H20N2S/c1-5-9(3)11-7-15-12(10(4)6-2)14-13(11)16-8-17-14/h7-10H,5-6H2,1-4H3. The summed E-state index contributed by atoms with van der Waals surface area (Å²) in [5.74, 6) is 1.06. The normalized spacial score (nSPS) is 15.1. The highest BCUT2D eigenvalue weighted by molar-refractivity contribution is 7.17.